The fourth-order valence-corrected chi connectivity index (χ4v) is 3.74. The van der Waals surface area contributed by atoms with E-state index >= 15 is 0 Å². The SMILES string of the molecule is COc1cc(/C=C2\N=C(c3ccc(Br)cc3)OC2=O)cc(Br)c1OC(=O)c1ccccc1. The van der Waals surface area contributed by atoms with E-state index in [9.17, 15) is 9.59 Å². The minimum absolute atomic E-state index is 0.144. The highest BCUT2D eigenvalue weighted by Crippen LogP contribution is 2.38. The number of halogens is 2. The maximum Gasteiger partial charge on any atom is 0.363 e. The molecule has 0 amide bonds. The minimum Gasteiger partial charge on any atom is -0.493 e. The molecule has 0 saturated carbocycles. The largest absolute Gasteiger partial charge is 0.493 e. The number of aliphatic imine (C=N–C) groups is 1. The molecular weight excluding hydrogens is 542 g/mol. The summed E-state index contributed by atoms with van der Waals surface area (Å²) >= 11 is 6.79. The molecular formula is C24H15Br2NO5. The zero-order valence-corrected chi connectivity index (χ0v) is 19.8. The smallest absolute Gasteiger partial charge is 0.363 e. The van der Waals surface area contributed by atoms with Crippen molar-refractivity contribution in [3.05, 3.63) is 98.1 Å². The Morgan fingerprint density at radius 2 is 1.75 bits per heavy atom. The van der Waals surface area contributed by atoms with Crippen LogP contribution in [0.25, 0.3) is 6.08 Å². The van der Waals surface area contributed by atoms with Crippen LogP contribution >= 0.6 is 31.9 Å². The van der Waals surface area contributed by atoms with Crippen LogP contribution in [0.2, 0.25) is 0 Å². The average molecular weight is 557 g/mol. The number of esters is 2. The van der Waals surface area contributed by atoms with Gasteiger partial charge in [-0.05, 0) is 76.1 Å². The standard InChI is InChI=1S/C24H15Br2NO5/c1-30-20-13-14(11-18(26)21(20)31-23(28)16-5-3-2-4-6-16)12-19-24(29)32-22(27-19)15-7-9-17(25)10-8-15/h2-13H,1H3/b19-12-. The van der Waals surface area contributed by atoms with E-state index in [1.165, 1.54) is 7.11 Å². The van der Waals surface area contributed by atoms with Crippen LogP contribution < -0.4 is 9.47 Å². The number of methoxy groups -OCH3 is 1. The molecule has 1 aliphatic rings. The first-order valence-electron chi connectivity index (χ1n) is 9.38. The number of hydrogen-bond acceptors (Lipinski definition) is 6. The second-order valence-electron chi connectivity index (χ2n) is 6.63. The number of ether oxygens (including phenoxy) is 3. The van der Waals surface area contributed by atoms with Gasteiger partial charge in [0.1, 0.15) is 0 Å². The lowest BCUT2D eigenvalue weighted by atomic mass is 10.1. The quantitative estimate of drug-likeness (QED) is 0.226. The van der Waals surface area contributed by atoms with Gasteiger partial charge in [0, 0.05) is 10.0 Å². The van der Waals surface area contributed by atoms with Crippen LogP contribution in [0.5, 0.6) is 11.5 Å². The molecule has 32 heavy (non-hydrogen) atoms. The molecule has 0 aromatic heterocycles. The highest BCUT2D eigenvalue weighted by molar-refractivity contribution is 9.10. The Morgan fingerprint density at radius 1 is 1.03 bits per heavy atom. The van der Waals surface area contributed by atoms with Crippen molar-refractivity contribution in [2.24, 2.45) is 4.99 Å². The van der Waals surface area contributed by atoms with Crippen LogP contribution in [0.1, 0.15) is 21.5 Å². The van der Waals surface area contributed by atoms with E-state index in [-0.39, 0.29) is 17.3 Å². The number of cyclic esters (lactones) is 1. The van der Waals surface area contributed by atoms with E-state index in [4.69, 9.17) is 14.2 Å². The number of rotatable bonds is 5. The van der Waals surface area contributed by atoms with Gasteiger partial charge in [0.2, 0.25) is 5.90 Å². The van der Waals surface area contributed by atoms with Gasteiger partial charge in [0.15, 0.2) is 17.2 Å². The normalized spacial score (nSPS) is 14.2. The van der Waals surface area contributed by atoms with Crippen LogP contribution in [0, 0.1) is 0 Å². The molecule has 6 nitrogen and oxygen atoms in total. The lowest BCUT2D eigenvalue weighted by Crippen LogP contribution is -2.09. The monoisotopic (exact) mass is 555 g/mol. The van der Waals surface area contributed by atoms with Gasteiger partial charge in [-0.1, -0.05) is 34.1 Å². The number of hydrogen-bond donors (Lipinski definition) is 0. The highest BCUT2D eigenvalue weighted by atomic mass is 79.9. The van der Waals surface area contributed by atoms with E-state index in [0.29, 0.717) is 26.9 Å². The van der Waals surface area contributed by atoms with Crippen molar-refractivity contribution in [1.82, 2.24) is 0 Å². The van der Waals surface area contributed by atoms with Gasteiger partial charge in [0.05, 0.1) is 17.1 Å². The minimum atomic E-state index is -0.558. The second-order valence-corrected chi connectivity index (χ2v) is 8.40. The maximum absolute atomic E-state index is 12.4. The van der Waals surface area contributed by atoms with Crippen LogP contribution in [0.3, 0.4) is 0 Å². The lowest BCUT2D eigenvalue weighted by molar-refractivity contribution is -0.129. The summed E-state index contributed by atoms with van der Waals surface area (Å²) in [6, 6.07) is 19.3. The summed E-state index contributed by atoms with van der Waals surface area (Å²) in [4.78, 5) is 29.1. The Morgan fingerprint density at radius 3 is 2.44 bits per heavy atom. The summed E-state index contributed by atoms with van der Waals surface area (Å²) in [5, 5.41) is 0. The van der Waals surface area contributed by atoms with Gasteiger partial charge in [-0.2, -0.15) is 0 Å². The summed E-state index contributed by atoms with van der Waals surface area (Å²) in [6.45, 7) is 0. The average Bonchev–Trinajstić information content (AvgIpc) is 3.16. The van der Waals surface area contributed by atoms with E-state index in [1.54, 1.807) is 54.6 Å². The molecule has 3 aromatic rings. The third kappa shape index (κ3) is 4.81. The second kappa shape index (κ2) is 9.50. The Balaban J connectivity index is 1.62. The van der Waals surface area contributed by atoms with Gasteiger partial charge in [-0.3, -0.25) is 0 Å². The molecule has 3 aromatic carbocycles. The van der Waals surface area contributed by atoms with E-state index in [0.717, 1.165) is 4.47 Å². The van der Waals surface area contributed by atoms with Crippen LogP contribution in [0.4, 0.5) is 0 Å². The fourth-order valence-electron chi connectivity index (χ4n) is 2.93. The first-order chi connectivity index (χ1) is 15.4. The lowest BCUT2D eigenvalue weighted by Gasteiger charge is -2.12. The molecule has 1 aliphatic heterocycles. The maximum atomic E-state index is 12.4. The highest BCUT2D eigenvalue weighted by Gasteiger charge is 2.25. The number of carbonyl (C=O) groups is 2. The van der Waals surface area contributed by atoms with Gasteiger partial charge >= 0.3 is 11.9 Å². The zero-order chi connectivity index (χ0) is 22.7. The third-order valence-electron chi connectivity index (χ3n) is 4.47. The van der Waals surface area contributed by atoms with Crippen LogP contribution in [0.15, 0.2) is 86.4 Å². The predicted molar refractivity (Wildman–Crippen MR) is 127 cm³/mol. The van der Waals surface area contributed by atoms with Crippen molar-refractivity contribution in [3.63, 3.8) is 0 Å². The molecule has 0 fully saturated rings. The van der Waals surface area contributed by atoms with Gasteiger partial charge in [-0.25, -0.2) is 14.6 Å². The van der Waals surface area contributed by atoms with Crippen molar-refractivity contribution in [3.8, 4) is 11.5 Å². The van der Waals surface area contributed by atoms with Crippen molar-refractivity contribution in [2.45, 2.75) is 0 Å². The number of benzene rings is 3. The van der Waals surface area contributed by atoms with Crippen LogP contribution in [-0.2, 0) is 9.53 Å². The van der Waals surface area contributed by atoms with Crippen molar-refractivity contribution in [1.29, 1.82) is 0 Å². The molecule has 0 bridgehead atoms. The molecule has 0 saturated heterocycles. The van der Waals surface area contributed by atoms with E-state index in [2.05, 4.69) is 36.9 Å². The fraction of sp³-hybridized carbons (Fsp3) is 0.0417. The molecule has 0 aliphatic carbocycles. The van der Waals surface area contributed by atoms with Gasteiger partial charge in [-0.15, -0.1) is 0 Å². The molecule has 1 heterocycles. The van der Waals surface area contributed by atoms with Crippen molar-refractivity contribution < 1.29 is 23.8 Å². The first kappa shape index (κ1) is 22.0. The summed E-state index contributed by atoms with van der Waals surface area (Å²) in [5.74, 6) is -0.292. The summed E-state index contributed by atoms with van der Waals surface area (Å²) in [5.41, 5.74) is 1.86. The Hall–Kier alpha value is -3.23. The molecule has 0 radical (unpaired) electrons. The Bertz CT molecular complexity index is 1250. The summed E-state index contributed by atoms with van der Waals surface area (Å²) < 4.78 is 17.6. The Kier molecular flexibility index (Phi) is 6.53. The third-order valence-corrected chi connectivity index (χ3v) is 5.59. The number of nitrogens with zero attached hydrogens (tertiary/aromatic N) is 1. The van der Waals surface area contributed by atoms with Crippen LogP contribution in [-0.4, -0.2) is 24.9 Å². The first-order valence-corrected chi connectivity index (χ1v) is 11.0. The predicted octanol–water partition coefficient (Wildman–Crippen LogP) is 5.78. The summed E-state index contributed by atoms with van der Waals surface area (Å²) in [6.07, 6.45) is 1.57. The van der Waals surface area contributed by atoms with Crippen molar-refractivity contribution in [2.75, 3.05) is 7.11 Å². The van der Waals surface area contributed by atoms with Gasteiger partial charge in [0.25, 0.3) is 0 Å². The zero-order valence-electron chi connectivity index (χ0n) is 16.7. The molecule has 160 valence electrons. The Labute approximate surface area is 200 Å². The molecule has 0 spiro atoms. The molecule has 0 N–H and O–H groups in total. The summed E-state index contributed by atoms with van der Waals surface area (Å²) in [7, 11) is 1.46. The molecule has 0 atom stereocenters. The van der Waals surface area contributed by atoms with Gasteiger partial charge < -0.3 is 14.2 Å². The topological polar surface area (TPSA) is 74.2 Å². The van der Waals surface area contributed by atoms with E-state index in [1.807, 2.05) is 18.2 Å². The molecule has 4 rings (SSSR count). The van der Waals surface area contributed by atoms with Crippen molar-refractivity contribution >= 4 is 55.8 Å². The number of carbonyl (C=O) groups excluding carboxylic acids is 2. The molecule has 0 unspecified atom stereocenters. The van der Waals surface area contributed by atoms with E-state index < -0.39 is 11.9 Å². The molecule has 8 heteroatoms.